The van der Waals surface area contributed by atoms with Gasteiger partial charge in [0.2, 0.25) is 0 Å². The van der Waals surface area contributed by atoms with Crippen molar-refractivity contribution >= 4 is 0 Å². The molecule has 0 saturated heterocycles. The van der Waals surface area contributed by atoms with Crippen LogP contribution in [-0.2, 0) is 0 Å². The summed E-state index contributed by atoms with van der Waals surface area (Å²) >= 11 is 0. The van der Waals surface area contributed by atoms with Crippen molar-refractivity contribution in [3.05, 3.63) is 35.9 Å². The summed E-state index contributed by atoms with van der Waals surface area (Å²) in [7, 11) is 0. The molecule has 4 nitrogen and oxygen atoms in total. The molecule has 0 amide bonds. The van der Waals surface area contributed by atoms with E-state index >= 15 is 0 Å². The first kappa shape index (κ1) is 12.1. The van der Waals surface area contributed by atoms with Gasteiger partial charge in [-0.25, -0.2) is 0 Å². The van der Waals surface area contributed by atoms with Gasteiger partial charge < -0.3 is 10.2 Å². The van der Waals surface area contributed by atoms with Crippen molar-refractivity contribution in [3.8, 4) is 0 Å². The zero-order valence-corrected chi connectivity index (χ0v) is 8.69. The van der Waals surface area contributed by atoms with Crippen LogP contribution in [0.3, 0.4) is 0 Å². The molecule has 0 radical (unpaired) electrons. The third-order valence-electron chi connectivity index (χ3n) is 2.05. The van der Waals surface area contributed by atoms with Gasteiger partial charge in [-0.3, -0.25) is 10.6 Å². The van der Waals surface area contributed by atoms with Crippen LogP contribution in [-0.4, -0.2) is 36.5 Å². The van der Waals surface area contributed by atoms with Crippen LogP contribution >= 0.6 is 0 Å². The molecule has 0 fully saturated rings. The van der Waals surface area contributed by atoms with Crippen LogP contribution in [0.25, 0.3) is 0 Å². The Morgan fingerprint density at radius 3 is 1.93 bits per heavy atom. The molecule has 0 aliphatic heterocycles. The predicted molar refractivity (Wildman–Crippen MR) is 59.4 cm³/mol. The van der Waals surface area contributed by atoms with E-state index in [1.54, 1.807) is 0 Å². The second-order valence-corrected chi connectivity index (χ2v) is 3.20. The van der Waals surface area contributed by atoms with Gasteiger partial charge in [0.05, 0.1) is 19.4 Å². The Hall–Kier alpha value is -0.940. The Bertz CT molecular complexity index is 246. The average molecular weight is 210 g/mol. The first-order valence-electron chi connectivity index (χ1n) is 5.12. The van der Waals surface area contributed by atoms with E-state index in [4.69, 9.17) is 10.2 Å². The summed E-state index contributed by atoms with van der Waals surface area (Å²) in [6.07, 6.45) is -0.0227. The molecule has 0 atom stereocenters. The number of hydrogen-bond donors (Lipinski definition) is 4. The van der Waals surface area contributed by atoms with Gasteiger partial charge in [-0.05, 0) is 5.56 Å². The van der Waals surface area contributed by atoms with E-state index < -0.39 is 0 Å². The van der Waals surface area contributed by atoms with Gasteiger partial charge in [0.15, 0.2) is 0 Å². The van der Waals surface area contributed by atoms with Gasteiger partial charge in [-0.15, -0.1) is 0 Å². The number of hydrogen-bond acceptors (Lipinski definition) is 4. The Balaban J connectivity index is 2.55. The Labute approximate surface area is 89.9 Å². The lowest BCUT2D eigenvalue weighted by Gasteiger charge is -2.19. The van der Waals surface area contributed by atoms with E-state index in [-0.39, 0.29) is 19.4 Å². The fraction of sp³-hybridized carbons (Fsp3) is 0.455. The Morgan fingerprint density at radius 1 is 0.933 bits per heavy atom. The van der Waals surface area contributed by atoms with Crippen molar-refractivity contribution in [2.45, 2.75) is 6.17 Å². The Morgan fingerprint density at radius 2 is 1.47 bits per heavy atom. The first-order valence-corrected chi connectivity index (χ1v) is 5.12. The summed E-state index contributed by atoms with van der Waals surface area (Å²) in [6, 6.07) is 9.88. The highest BCUT2D eigenvalue weighted by Gasteiger charge is 2.07. The number of nitrogens with one attached hydrogen (secondary N) is 2. The van der Waals surface area contributed by atoms with Crippen molar-refractivity contribution in [1.29, 1.82) is 0 Å². The topological polar surface area (TPSA) is 64.5 Å². The van der Waals surface area contributed by atoms with Crippen molar-refractivity contribution in [1.82, 2.24) is 10.6 Å². The van der Waals surface area contributed by atoms with Crippen LogP contribution in [0.5, 0.6) is 0 Å². The lowest BCUT2D eigenvalue weighted by atomic mass is 10.1. The zero-order valence-electron chi connectivity index (χ0n) is 8.69. The molecule has 0 saturated carbocycles. The molecular weight excluding hydrogens is 192 g/mol. The summed E-state index contributed by atoms with van der Waals surface area (Å²) in [5, 5.41) is 23.8. The molecule has 0 heterocycles. The number of benzene rings is 1. The first-order chi connectivity index (χ1) is 7.38. The average Bonchev–Trinajstić information content (AvgIpc) is 2.30. The number of aliphatic hydroxyl groups is 2. The van der Waals surface area contributed by atoms with E-state index in [1.165, 1.54) is 0 Å². The van der Waals surface area contributed by atoms with Crippen LogP contribution in [0.15, 0.2) is 30.3 Å². The molecule has 4 heteroatoms. The molecule has 0 aromatic heterocycles. The van der Waals surface area contributed by atoms with Crippen LogP contribution < -0.4 is 10.6 Å². The lowest BCUT2D eigenvalue weighted by molar-refractivity contribution is 0.259. The highest BCUT2D eigenvalue weighted by Crippen LogP contribution is 2.08. The summed E-state index contributed by atoms with van der Waals surface area (Å²) in [5.74, 6) is 0. The molecule has 15 heavy (non-hydrogen) atoms. The van der Waals surface area contributed by atoms with Crippen LogP contribution in [0.1, 0.15) is 11.7 Å². The Kier molecular flexibility index (Phi) is 5.96. The van der Waals surface area contributed by atoms with Gasteiger partial charge in [0, 0.05) is 13.1 Å². The molecule has 1 aromatic rings. The van der Waals surface area contributed by atoms with Crippen molar-refractivity contribution in [3.63, 3.8) is 0 Å². The highest BCUT2D eigenvalue weighted by atomic mass is 16.3. The fourth-order valence-electron chi connectivity index (χ4n) is 1.37. The van der Waals surface area contributed by atoms with E-state index in [2.05, 4.69) is 10.6 Å². The molecule has 0 bridgehead atoms. The lowest BCUT2D eigenvalue weighted by Crippen LogP contribution is -2.37. The minimum Gasteiger partial charge on any atom is -0.395 e. The second kappa shape index (κ2) is 7.36. The van der Waals surface area contributed by atoms with Crippen molar-refractivity contribution < 1.29 is 10.2 Å². The number of rotatable bonds is 7. The van der Waals surface area contributed by atoms with E-state index in [0.29, 0.717) is 13.1 Å². The van der Waals surface area contributed by atoms with Crippen LogP contribution in [0.4, 0.5) is 0 Å². The maximum atomic E-state index is 8.75. The van der Waals surface area contributed by atoms with Crippen molar-refractivity contribution in [2.75, 3.05) is 26.3 Å². The molecule has 4 N–H and O–H groups in total. The molecule has 1 aromatic carbocycles. The van der Waals surface area contributed by atoms with Gasteiger partial charge in [0.25, 0.3) is 0 Å². The molecule has 84 valence electrons. The summed E-state index contributed by atoms with van der Waals surface area (Å²) in [6.45, 7) is 1.25. The summed E-state index contributed by atoms with van der Waals surface area (Å²) in [4.78, 5) is 0. The normalized spacial score (nSPS) is 10.9. The van der Waals surface area contributed by atoms with Crippen LogP contribution in [0, 0.1) is 0 Å². The van der Waals surface area contributed by atoms with Gasteiger partial charge in [-0.2, -0.15) is 0 Å². The minimum absolute atomic E-state index is 0.0227. The highest BCUT2D eigenvalue weighted by molar-refractivity contribution is 5.18. The minimum atomic E-state index is -0.0227. The molecule has 0 spiro atoms. The second-order valence-electron chi connectivity index (χ2n) is 3.20. The van der Waals surface area contributed by atoms with Gasteiger partial charge in [-0.1, -0.05) is 30.3 Å². The fourth-order valence-corrected chi connectivity index (χ4v) is 1.37. The standard InChI is InChI=1S/C11H18N2O2/c14-8-6-12-11(13-7-9-15)10-4-2-1-3-5-10/h1-5,11-15H,6-9H2. The molecular formula is C11H18N2O2. The van der Waals surface area contributed by atoms with Gasteiger partial charge in [0.1, 0.15) is 0 Å². The van der Waals surface area contributed by atoms with E-state index in [0.717, 1.165) is 5.56 Å². The quantitative estimate of drug-likeness (QED) is 0.473. The van der Waals surface area contributed by atoms with Crippen molar-refractivity contribution in [2.24, 2.45) is 0 Å². The third kappa shape index (κ3) is 4.40. The zero-order chi connectivity index (χ0) is 10.9. The summed E-state index contributed by atoms with van der Waals surface area (Å²) in [5.41, 5.74) is 1.10. The largest absolute Gasteiger partial charge is 0.395 e. The van der Waals surface area contributed by atoms with Gasteiger partial charge >= 0.3 is 0 Å². The molecule has 1 rings (SSSR count). The van der Waals surface area contributed by atoms with E-state index in [1.807, 2.05) is 30.3 Å². The summed E-state index contributed by atoms with van der Waals surface area (Å²) < 4.78 is 0. The molecule has 0 aliphatic carbocycles. The maximum absolute atomic E-state index is 8.75. The third-order valence-corrected chi connectivity index (χ3v) is 2.05. The SMILES string of the molecule is OCCNC(NCCO)c1ccccc1. The monoisotopic (exact) mass is 210 g/mol. The number of aliphatic hydroxyl groups excluding tert-OH is 2. The van der Waals surface area contributed by atoms with Crippen LogP contribution in [0.2, 0.25) is 0 Å². The smallest absolute Gasteiger partial charge is 0.0837 e. The molecule has 0 unspecified atom stereocenters. The van der Waals surface area contributed by atoms with E-state index in [9.17, 15) is 0 Å². The molecule has 0 aliphatic rings. The predicted octanol–water partition coefficient (Wildman–Crippen LogP) is -0.151. The maximum Gasteiger partial charge on any atom is 0.0837 e.